The van der Waals surface area contributed by atoms with Crippen molar-refractivity contribution < 1.29 is 14.7 Å². The number of carboxylic acid groups (broad SMARTS) is 1. The van der Waals surface area contributed by atoms with E-state index in [4.69, 9.17) is 5.11 Å². The number of amides is 1. The number of aryl methyl sites for hydroxylation is 1. The highest BCUT2D eigenvalue weighted by Crippen LogP contribution is 2.16. The molecule has 104 valence electrons. The number of thioether (sulfide) groups is 1. The number of aliphatic carboxylic acids is 1. The first-order chi connectivity index (χ1) is 8.95. The lowest BCUT2D eigenvalue weighted by atomic mass is 10.1. The summed E-state index contributed by atoms with van der Waals surface area (Å²) in [5.41, 5.74) is 1.31. The van der Waals surface area contributed by atoms with Gasteiger partial charge in [-0.1, -0.05) is 22.0 Å². The van der Waals surface area contributed by atoms with E-state index >= 15 is 0 Å². The van der Waals surface area contributed by atoms with Crippen molar-refractivity contribution in [1.29, 1.82) is 0 Å². The molecule has 2 N–H and O–H groups in total. The third kappa shape index (κ3) is 4.87. The van der Waals surface area contributed by atoms with Gasteiger partial charge in [-0.2, -0.15) is 11.8 Å². The molecule has 0 radical (unpaired) electrons. The number of hydrogen-bond donors (Lipinski definition) is 2. The molecule has 1 rings (SSSR count). The molecule has 0 aromatic heterocycles. The van der Waals surface area contributed by atoms with Crippen LogP contribution in [-0.2, 0) is 4.79 Å². The maximum Gasteiger partial charge on any atom is 0.326 e. The lowest BCUT2D eigenvalue weighted by Gasteiger charge is -2.15. The van der Waals surface area contributed by atoms with E-state index in [9.17, 15) is 9.59 Å². The minimum Gasteiger partial charge on any atom is -0.480 e. The average Bonchev–Trinajstić information content (AvgIpc) is 2.36. The summed E-state index contributed by atoms with van der Waals surface area (Å²) >= 11 is 4.86. The minimum absolute atomic E-state index is 0.354. The van der Waals surface area contributed by atoms with Gasteiger partial charge in [0, 0.05) is 10.0 Å². The zero-order valence-electron chi connectivity index (χ0n) is 10.8. The minimum atomic E-state index is -1.00. The van der Waals surface area contributed by atoms with Crippen LogP contribution in [0, 0.1) is 6.92 Å². The Morgan fingerprint density at radius 3 is 2.74 bits per heavy atom. The number of carbonyl (C=O) groups excluding carboxylic acids is 1. The number of benzene rings is 1. The van der Waals surface area contributed by atoms with Crippen LogP contribution in [0.4, 0.5) is 0 Å². The van der Waals surface area contributed by atoms with Gasteiger partial charge in [-0.05, 0) is 43.0 Å². The van der Waals surface area contributed by atoms with E-state index in [1.54, 1.807) is 17.8 Å². The first kappa shape index (κ1) is 16.0. The standard InChI is InChI=1S/C13H16BrNO3S/c1-8-3-4-9(14)7-10(8)12(16)15-11(13(17)18)5-6-19-2/h3-4,7,11H,5-6H2,1-2H3,(H,15,16)(H,17,18)/t11-/m1/s1. The Balaban J connectivity index is 2.81. The van der Waals surface area contributed by atoms with Crippen LogP contribution in [0.5, 0.6) is 0 Å². The molecule has 0 unspecified atom stereocenters. The Kier molecular flexibility index (Phi) is 6.37. The monoisotopic (exact) mass is 345 g/mol. The van der Waals surface area contributed by atoms with Crippen LogP contribution in [0.1, 0.15) is 22.3 Å². The van der Waals surface area contributed by atoms with Crippen LogP contribution in [0.3, 0.4) is 0 Å². The number of carboxylic acids is 1. The smallest absolute Gasteiger partial charge is 0.326 e. The van der Waals surface area contributed by atoms with Crippen LogP contribution in [0.15, 0.2) is 22.7 Å². The van der Waals surface area contributed by atoms with E-state index in [2.05, 4.69) is 21.2 Å². The Bertz CT molecular complexity index is 479. The summed E-state index contributed by atoms with van der Waals surface area (Å²) in [7, 11) is 0. The lowest BCUT2D eigenvalue weighted by Crippen LogP contribution is -2.41. The van der Waals surface area contributed by atoms with Gasteiger partial charge < -0.3 is 10.4 Å². The van der Waals surface area contributed by atoms with Crippen LogP contribution >= 0.6 is 27.7 Å². The summed E-state index contributed by atoms with van der Waals surface area (Å²) in [6, 6.07) is 4.50. The topological polar surface area (TPSA) is 66.4 Å². The molecule has 0 fully saturated rings. The number of nitrogens with one attached hydrogen (secondary N) is 1. The van der Waals surface area contributed by atoms with Crippen molar-refractivity contribution in [2.75, 3.05) is 12.0 Å². The molecule has 0 bridgehead atoms. The van der Waals surface area contributed by atoms with E-state index in [1.165, 1.54) is 0 Å². The number of hydrogen-bond acceptors (Lipinski definition) is 3. The molecule has 1 aromatic rings. The predicted molar refractivity (Wildman–Crippen MR) is 80.8 cm³/mol. The van der Waals surface area contributed by atoms with Crippen molar-refractivity contribution in [1.82, 2.24) is 5.32 Å². The molecule has 0 heterocycles. The normalized spacial score (nSPS) is 11.9. The maximum atomic E-state index is 12.1. The van der Waals surface area contributed by atoms with Gasteiger partial charge in [0.25, 0.3) is 5.91 Å². The molecule has 4 nitrogen and oxygen atoms in total. The second-order valence-corrected chi connectivity index (χ2v) is 6.01. The highest BCUT2D eigenvalue weighted by molar-refractivity contribution is 9.10. The second-order valence-electron chi connectivity index (χ2n) is 4.11. The van der Waals surface area contributed by atoms with E-state index in [1.807, 2.05) is 25.3 Å². The second kappa shape index (κ2) is 7.55. The number of halogens is 1. The quantitative estimate of drug-likeness (QED) is 0.831. The lowest BCUT2D eigenvalue weighted by molar-refractivity contribution is -0.139. The fraction of sp³-hybridized carbons (Fsp3) is 0.385. The first-order valence-electron chi connectivity index (χ1n) is 5.74. The fourth-order valence-electron chi connectivity index (χ4n) is 1.57. The summed E-state index contributed by atoms with van der Waals surface area (Å²) in [6.07, 6.45) is 2.31. The number of carbonyl (C=O) groups is 2. The molecule has 0 spiro atoms. The van der Waals surface area contributed by atoms with Gasteiger partial charge in [0.05, 0.1) is 0 Å². The highest BCUT2D eigenvalue weighted by Gasteiger charge is 2.21. The largest absolute Gasteiger partial charge is 0.480 e. The van der Waals surface area contributed by atoms with Crippen LogP contribution in [-0.4, -0.2) is 35.0 Å². The van der Waals surface area contributed by atoms with Crippen molar-refractivity contribution in [3.63, 3.8) is 0 Å². The van der Waals surface area contributed by atoms with E-state index in [0.29, 0.717) is 17.7 Å². The zero-order valence-corrected chi connectivity index (χ0v) is 13.2. The van der Waals surface area contributed by atoms with Crippen LogP contribution in [0.25, 0.3) is 0 Å². The van der Waals surface area contributed by atoms with Crippen molar-refractivity contribution in [2.24, 2.45) is 0 Å². The molecular formula is C13H16BrNO3S. The summed E-state index contributed by atoms with van der Waals surface area (Å²) in [5.74, 6) is -0.670. The van der Waals surface area contributed by atoms with Crippen molar-refractivity contribution in [3.05, 3.63) is 33.8 Å². The van der Waals surface area contributed by atoms with Crippen molar-refractivity contribution >= 4 is 39.6 Å². The molecule has 19 heavy (non-hydrogen) atoms. The third-order valence-corrected chi connectivity index (χ3v) is 3.80. The van der Waals surface area contributed by atoms with Gasteiger partial charge >= 0.3 is 5.97 Å². The molecule has 0 aliphatic heterocycles. The molecule has 0 saturated heterocycles. The summed E-state index contributed by atoms with van der Waals surface area (Å²) in [6.45, 7) is 1.82. The third-order valence-electron chi connectivity index (χ3n) is 2.66. The molecule has 0 saturated carbocycles. The summed E-state index contributed by atoms with van der Waals surface area (Å²) in [4.78, 5) is 23.2. The molecule has 1 amide bonds. The predicted octanol–water partition coefficient (Wildman–Crippen LogP) is 2.69. The average molecular weight is 346 g/mol. The summed E-state index contributed by atoms with van der Waals surface area (Å²) < 4.78 is 0.791. The SMILES string of the molecule is CSCC[C@@H](NC(=O)c1cc(Br)ccc1C)C(=O)O. The molecule has 0 aliphatic carbocycles. The Morgan fingerprint density at radius 1 is 1.47 bits per heavy atom. The van der Waals surface area contributed by atoms with Gasteiger partial charge in [0.2, 0.25) is 0 Å². The van der Waals surface area contributed by atoms with Crippen LogP contribution < -0.4 is 5.32 Å². The maximum absolute atomic E-state index is 12.1. The highest BCUT2D eigenvalue weighted by atomic mass is 79.9. The molecule has 6 heteroatoms. The van der Waals surface area contributed by atoms with Gasteiger partial charge in [0.15, 0.2) is 0 Å². The first-order valence-corrected chi connectivity index (χ1v) is 7.93. The van der Waals surface area contributed by atoms with Gasteiger partial charge in [-0.15, -0.1) is 0 Å². The Labute approximate surface area is 125 Å². The molecular weight excluding hydrogens is 330 g/mol. The van der Waals surface area contributed by atoms with Gasteiger partial charge in [0.1, 0.15) is 6.04 Å². The van der Waals surface area contributed by atoms with E-state index in [-0.39, 0.29) is 5.91 Å². The molecule has 0 aliphatic rings. The molecule has 1 atom stereocenters. The zero-order chi connectivity index (χ0) is 14.4. The van der Waals surface area contributed by atoms with Gasteiger partial charge in [-0.25, -0.2) is 4.79 Å². The van der Waals surface area contributed by atoms with Crippen LogP contribution in [0.2, 0.25) is 0 Å². The number of rotatable bonds is 6. The Morgan fingerprint density at radius 2 is 2.16 bits per heavy atom. The van der Waals surface area contributed by atoms with Gasteiger partial charge in [-0.3, -0.25) is 4.79 Å². The van der Waals surface area contributed by atoms with Crippen molar-refractivity contribution in [3.8, 4) is 0 Å². The van der Waals surface area contributed by atoms with E-state index in [0.717, 1.165) is 10.0 Å². The Hall–Kier alpha value is -1.01. The van der Waals surface area contributed by atoms with E-state index < -0.39 is 12.0 Å². The van der Waals surface area contributed by atoms with Crippen molar-refractivity contribution in [2.45, 2.75) is 19.4 Å². The molecule has 1 aromatic carbocycles. The summed E-state index contributed by atoms with van der Waals surface area (Å²) in [5, 5.41) is 11.6. The fourth-order valence-corrected chi connectivity index (χ4v) is 2.40.